The summed E-state index contributed by atoms with van der Waals surface area (Å²) in [7, 11) is 0. The first-order valence-electron chi connectivity index (χ1n) is 5.35. The van der Waals surface area contributed by atoms with E-state index in [1.807, 2.05) is 23.9 Å². The number of thioether (sulfide) groups is 1. The Labute approximate surface area is 119 Å². The smallest absolute Gasteiger partial charge is 0.252 e. The SMILES string of the molecule is CSC1(CNC(=O)c2cccc(Br)c2Cl)CC1. The van der Waals surface area contributed by atoms with Crippen LogP contribution in [0.4, 0.5) is 0 Å². The van der Waals surface area contributed by atoms with Crippen LogP contribution in [0.5, 0.6) is 0 Å². The van der Waals surface area contributed by atoms with Gasteiger partial charge in [-0.05, 0) is 47.2 Å². The second kappa shape index (κ2) is 5.21. The summed E-state index contributed by atoms with van der Waals surface area (Å²) in [4.78, 5) is 12.0. The summed E-state index contributed by atoms with van der Waals surface area (Å²) >= 11 is 11.2. The molecule has 2 rings (SSSR count). The van der Waals surface area contributed by atoms with Crippen molar-refractivity contribution in [2.45, 2.75) is 17.6 Å². The number of carbonyl (C=O) groups excluding carboxylic acids is 1. The molecule has 0 aromatic heterocycles. The predicted octanol–water partition coefficient (Wildman–Crippen LogP) is 3.73. The van der Waals surface area contributed by atoms with Gasteiger partial charge in [0.15, 0.2) is 0 Å². The Balaban J connectivity index is 2.02. The van der Waals surface area contributed by atoms with Gasteiger partial charge in [-0.1, -0.05) is 17.7 Å². The van der Waals surface area contributed by atoms with E-state index in [2.05, 4.69) is 27.5 Å². The van der Waals surface area contributed by atoms with Crippen molar-refractivity contribution in [2.24, 2.45) is 0 Å². The monoisotopic (exact) mass is 333 g/mol. The highest BCUT2D eigenvalue weighted by Gasteiger charge is 2.42. The molecule has 92 valence electrons. The van der Waals surface area contributed by atoms with E-state index < -0.39 is 0 Å². The Morgan fingerprint density at radius 3 is 2.88 bits per heavy atom. The molecule has 1 aliphatic carbocycles. The molecule has 0 unspecified atom stereocenters. The highest BCUT2D eigenvalue weighted by Crippen LogP contribution is 2.46. The van der Waals surface area contributed by atoms with Gasteiger partial charge in [-0.25, -0.2) is 0 Å². The molecule has 0 aliphatic heterocycles. The molecule has 0 heterocycles. The maximum atomic E-state index is 12.0. The highest BCUT2D eigenvalue weighted by atomic mass is 79.9. The minimum Gasteiger partial charge on any atom is -0.351 e. The minimum absolute atomic E-state index is 0.100. The number of rotatable bonds is 4. The first-order chi connectivity index (χ1) is 8.08. The van der Waals surface area contributed by atoms with E-state index >= 15 is 0 Å². The zero-order chi connectivity index (χ0) is 12.5. The summed E-state index contributed by atoms with van der Waals surface area (Å²) in [5.41, 5.74) is 0.526. The molecule has 0 atom stereocenters. The van der Waals surface area contributed by atoms with Gasteiger partial charge in [0.1, 0.15) is 0 Å². The second-order valence-electron chi connectivity index (χ2n) is 4.17. The number of nitrogens with one attached hydrogen (secondary N) is 1. The Kier molecular flexibility index (Phi) is 4.06. The number of hydrogen-bond donors (Lipinski definition) is 1. The molecule has 2 nitrogen and oxygen atoms in total. The van der Waals surface area contributed by atoms with E-state index in [1.165, 1.54) is 12.8 Å². The van der Waals surface area contributed by atoms with Gasteiger partial charge in [0.25, 0.3) is 5.91 Å². The standard InChI is InChI=1S/C12H13BrClNOS/c1-17-12(5-6-12)7-15-11(16)8-3-2-4-9(13)10(8)14/h2-4H,5-7H2,1H3,(H,15,16). The van der Waals surface area contributed by atoms with Gasteiger partial charge in [-0.2, -0.15) is 11.8 Å². The van der Waals surface area contributed by atoms with Gasteiger partial charge >= 0.3 is 0 Å². The summed E-state index contributed by atoms with van der Waals surface area (Å²) in [5, 5.41) is 3.43. The molecule has 17 heavy (non-hydrogen) atoms. The average molecular weight is 335 g/mol. The molecule has 1 aliphatic rings. The third-order valence-electron chi connectivity index (χ3n) is 3.01. The fraction of sp³-hybridized carbons (Fsp3) is 0.417. The number of carbonyl (C=O) groups is 1. The predicted molar refractivity (Wildman–Crippen MR) is 77.0 cm³/mol. The lowest BCUT2D eigenvalue weighted by atomic mass is 10.2. The van der Waals surface area contributed by atoms with Crippen LogP contribution in [0.1, 0.15) is 23.2 Å². The first-order valence-corrected chi connectivity index (χ1v) is 7.75. The second-order valence-corrected chi connectivity index (χ2v) is 6.68. The highest BCUT2D eigenvalue weighted by molar-refractivity contribution is 9.10. The summed E-state index contributed by atoms with van der Waals surface area (Å²) < 4.78 is 1.02. The summed E-state index contributed by atoms with van der Waals surface area (Å²) in [5.74, 6) is -0.100. The third kappa shape index (κ3) is 2.98. The van der Waals surface area contributed by atoms with Gasteiger partial charge in [-0.15, -0.1) is 0 Å². The van der Waals surface area contributed by atoms with Crippen molar-refractivity contribution >= 4 is 45.2 Å². The molecule has 1 aromatic carbocycles. The molecule has 1 N–H and O–H groups in total. The van der Waals surface area contributed by atoms with Crippen LogP contribution in [0.3, 0.4) is 0 Å². The number of amides is 1. The van der Waals surface area contributed by atoms with Crippen LogP contribution in [0.2, 0.25) is 5.02 Å². The summed E-state index contributed by atoms with van der Waals surface area (Å²) in [6, 6.07) is 5.37. The lowest BCUT2D eigenvalue weighted by molar-refractivity contribution is 0.0953. The Bertz CT molecular complexity index is 448. The zero-order valence-electron chi connectivity index (χ0n) is 9.43. The minimum atomic E-state index is -0.100. The lowest BCUT2D eigenvalue weighted by Crippen LogP contribution is -2.31. The van der Waals surface area contributed by atoms with Gasteiger partial charge in [0, 0.05) is 15.8 Å². The first kappa shape index (κ1) is 13.2. The normalized spacial score (nSPS) is 16.6. The van der Waals surface area contributed by atoms with Crippen molar-refractivity contribution in [3.05, 3.63) is 33.3 Å². The molecule has 1 saturated carbocycles. The molecule has 0 spiro atoms. The van der Waals surface area contributed by atoms with E-state index in [1.54, 1.807) is 6.07 Å². The maximum absolute atomic E-state index is 12.0. The summed E-state index contributed by atoms with van der Waals surface area (Å²) in [6.07, 6.45) is 4.45. The Morgan fingerprint density at radius 2 is 2.29 bits per heavy atom. The molecule has 5 heteroatoms. The Morgan fingerprint density at radius 1 is 1.59 bits per heavy atom. The summed E-state index contributed by atoms with van der Waals surface area (Å²) in [6.45, 7) is 0.718. The van der Waals surface area contributed by atoms with Crippen LogP contribution in [0.15, 0.2) is 22.7 Å². The van der Waals surface area contributed by atoms with Crippen molar-refractivity contribution in [1.82, 2.24) is 5.32 Å². The molecule has 1 amide bonds. The van der Waals surface area contributed by atoms with E-state index in [0.717, 1.165) is 11.0 Å². The molecular weight excluding hydrogens is 322 g/mol. The van der Waals surface area contributed by atoms with Gasteiger partial charge in [-0.3, -0.25) is 4.79 Å². The maximum Gasteiger partial charge on any atom is 0.252 e. The fourth-order valence-corrected chi connectivity index (χ4v) is 2.91. The average Bonchev–Trinajstić information content (AvgIpc) is 3.10. The van der Waals surface area contributed by atoms with Crippen LogP contribution >= 0.6 is 39.3 Å². The van der Waals surface area contributed by atoms with Crippen molar-refractivity contribution in [1.29, 1.82) is 0 Å². The number of benzene rings is 1. The largest absolute Gasteiger partial charge is 0.351 e. The van der Waals surface area contributed by atoms with Gasteiger partial charge < -0.3 is 5.32 Å². The van der Waals surface area contributed by atoms with Crippen LogP contribution in [-0.2, 0) is 0 Å². The van der Waals surface area contributed by atoms with Crippen LogP contribution in [0, 0.1) is 0 Å². The van der Waals surface area contributed by atoms with E-state index in [-0.39, 0.29) is 10.7 Å². The molecular formula is C12H13BrClNOS. The molecule has 0 bridgehead atoms. The van der Waals surface area contributed by atoms with Crippen LogP contribution in [-0.4, -0.2) is 23.5 Å². The van der Waals surface area contributed by atoms with Gasteiger partial charge in [0.05, 0.1) is 10.6 Å². The Hall–Kier alpha value is -0.190. The van der Waals surface area contributed by atoms with Crippen LogP contribution < -0.4 is 5.32 Å². The van der Waals surface area contributed by atoms with E-state index in [9.17, 15) is 4.79 Å². The molecule has 0 saturated heterocycles. The zero-order valence-corrected chi connectivity index (χ0v) is 12.6. The lowest BCUT2D eigenvalue weighted by Gasteiger charge is -2.13. The van der Waals surface area contributed by atoms with Gasteiger partial charge in [0.2, 0.25) is 0 Å². The van der Waals surface area contributed by atoms with Crippen LogP contribution in [0.25, 0.3) is 0 Å². The quantitative estimate of drug-likeness (QED) is 0.909. The van der Waals surface area contributed by atoms with Crippen molar-refractivity contribution < 1.29 is 4.79 Å². The molecule has 1 fully saturated rings. The van der Waals surface area contributed by atoms with Crippen molar-refractivity contribution in [3.8, 4) is 0 Å². The third-order valence-corrected chi connectivity index (χ3v) is 5.72. The van der Waals surface area contributed by atoms with E-state index in [0.29, 0.717) is 10.6 Å². The van der Waals surface area contributed by atoms with Crippen molar-refractivity contribution in [3.63, 3.8) is 0 Å². The molecule has 0 radical (unpaired) electrons. The fourth-order valence-electron chi connectivity index (χ4n) is 1.61. The topological polar surface area (TPSA) is 29.1 Å². The number of hydrogen-bond acceptors (Lipinski definition) is 2. The van der Waals surface area contributed by atoms with Crippen molar-refractivity contribution in [2.75, 3.05) is 12.8 Å². The van der Waals surface area contributed by atoms with E-state index in [4.69, 9.17) is 11.6 Å². The number of halogens is 2. The molecule has 1 aromatic rings.